The zero-order chi connectivity index (χ0) is 17.1. The lowest BCUT2D eigenvalue weighted by atomic mass is 10.2. The number of hydrogen-bond acceptors (Lipinski definition) is 3. The quantitative estimate of drug-likeness (QED) is 0.814. The van der Waals surface area contributed by atoms with E-state index in [0.29, 0.717) is 5.75 Å². The zero-order valence-corrected chi connectivity index (χ0v) is 15.1. The number of carbonyl (C=O) groups excluding carboxylic acids is 1. The summed E-state index contributed by atoms with van der Waals surface area (Å²) in [5, 5.41) is 1.03. The average Bonchev–Trinajstić information content (AvgIpc) is 2.63. The number of quaternary nitrogens is 1. The van der Waals surface area contributed by atoms with E-state index in [1.807, 2.05) is 29.2 Å². The smallest absolute Gasteiger partial charge is 0.251 e. The van der Waals surface area contributed by atoms with E-state index in [2.05, 4.69) is 6.92 Å². The summed E-state index contributed by atoms with van der Waals surface area (Å²) in [6, 6.07) is 9.47. The van der Waals surface area contributed by atoms with Crippen LogP contribution < -0.4 is 10.5 Å². The van der Waals surface area contributed by atoms with Crippen molar-refractivity contribution in [1.82, 2.24) is 9.47 Å². The van der Waals surface area contributed by atoms with Crippen LogP contribution in [0.4, 0.5) is 0 Å². The number of piperazine rings is 1. The van der Waals surface area contributed by atoms with Crippen molar-refractivity contribution >= 4 is 28.6 Å². The number of hydrogen-bond donors (Lipinski definition) is 1. The summed E-state index contributed by atoms with van der Waals surface area (Å²) in [5.74, 6) is 0.554. The minimum Gasteiger partial charge on any atom is -0.332 e. The van der Waals surface area contributed by atoms with Crippen LogP contribution in [0, 0.1) is 0 Å². The van der Waals surface area contributed by atoms with Crippen LogP contribution in [0.25, 0.3) is 10.9 Å². The first-order valence-corrected chi connectivity index (χ1v) is 9.41. The van der Waals surface area contributed by atoms with Gasteiger partial charge in [-0.15, -0.1) is 11.8 Å². The van der Waals surface area contributed by atoms with E-state index >= 15 is 0 Å². The molecular weight excluding hydrogens is 322 g/mol. The monoisotopic (exact) mass is 346 g/mol. The van der Waals surface area contributed by atoms with Crippen molar-refractivity contribution in [2.45, 2.75) is 11.8 Å². The molecule has 0 atom stereocenters. The van der Waals surface area contributed by atoms with Gasteiger partial charge in [-0.1, -0.05) is 18.2 Å². The topological polar surface area (TPSA) is 46.8 Å². The van der Waals surface area contributed by atoms with Crippen LogP contribution in [0.3, 0.4) is 0 Å². The lowest BCUT2D eigenvalue weighted by Gasteiger charge is -2.31. The van der Waals surface area contributed by atoms with E-state index in [-0.39, 0.29) is 11.5 Å². The number of nitrogens with zero attached hydrogens (tertiary/aromatic N) is 2. The van der Waals surface area contributed by atoms with Gasteiger partial charge in [0, 0.05) is 23.4 Å². The van der Waals surface area contributed by atoms with Gasteiger partial charge in [-0.05, 0) is 13.0 Å². The van der Waals surface area contributed by atoms with Crippen LogP contribution in [-0.4, -0.2) is 53.9 Å². The highest BCUT2D eigenvalue weighted by atomic mass is 32.2. The molecule has 128 valence electrons. The number of aromatic nitrogens is 1. The van der Waals surface area contributed by atoms with Gasteiger partial charge >= 0.3 is 0 Å². The van der Waals surface area contributed by atoms with Gasteiger partial charge in [-0.2, -0.15) is 0 Å². The fraction of sp³-hybridized carbons (Fsp3) is 0.444. The summed E-state index contributed by atoms with van der Waals surface area (Å²) >= 11 is 1.47. The summed E-state index contributed by atoms with van der Waals surface area (Å²) < 4.78 is 1.65. The highest BCUT2D eigenvalue weighted by Crippen LogP contribution is 2.26. The molecule has 0 saturated carbocycles. The molecule has 1 aliphatic rings. The van der Waals surface area contributed by atoms with Gasteiger partial charge in [-0.3, -0.25) is 9.59 Å². The molecule has 1 aromatic carbocycles. The maximum atomic E-state index is 12.5. The molecule has 2 aromatic rings. The number of nitrogens with one attached hydrogen (secondary N) is 1. The molecule has 6 heteroatoms. The molecule has 1 fully saturated rings. The molecule has 2 heterocycles. The van der Waals surface area contributed by atoms with Gasteiger partial charge < -0.3 is 14.4 Å². The summed E-state index contributed by atoms with van der Waals surface area (Å²) in [4.78, 5) is 29.0. The Kier molecular flexibility index (Phi) is 5.26. The minimum absolute atomic E-state index is 0.0381. The van der Waals surface area contributed by atoms with Gasteiger partial charge in [0.05, 0.1) is 44.0 Å². The van der Waals surface area contributed by atoms with Crippen LogP contribution >= 0.6 is 11.8 Å². The van der Waals surface area contributed by atoms with E-state index in [0.717, 1.165) is 48.5 Å². The van der Waals surface area contributed by atoms with Crippen LogP contribution in [-0.2, 0) is 11.8 Å². The Labute approximate surface area is 146 Å². The van der Waals surface area contributed by atoms with Gasteiger partial charge in [-0.25, -0.2) is 0 Å². The third-order valence-corrected chi connectivity index (χ3v) is 5.83. The van der Waals surface area contributed by atoms with E-state index in [9.17, 15) is 9.59 Å². The van der Waals surface area contributed by atoms with Crippen molar-refractivity contribution in [2.75, 3.05) is 38.5 Å². The number of pyridine rings is 1. The van der Waals surface area contributed by atoms with Crippen molar-refractivity contribution in [3.8, 4) is 0 Å². The SMILES string of the molecule is CC[NH+]1CCN(C(=O)CSc2cc(=O)n(C)c3ccccc23)CC1. The van der Waals surface area contributed by atoms with Crippen molar-refractivity contribution in [1.29, 1.82) is 0 Å². The molecule has 3 rings (SSSR count). The Morgan fingerprint density at radius 3 is 2.67 bits per heavy atom. The van der Waals surface area contributed by atoms with Crippen LogP contribution in [0.1, 0.15) is 6.92 Å². The molecule has 1 aliphatic heterocycles. The fourth-order valence-electron chi connectivity index (χ4n) is 3.16. The number of fused-ring (bicyclic) bond motifs is 1. The number of para-hydroxylation sites is 1. The summed E-state index contributed by atoms with van der Waals surface area (Å²) in [7, 11) is 1.78. The van der Waals surface area contributed by atoms with E-state index < -0.39 is 0 Å². The molecule has 24 heavy (non-hydrogen) atoms. The lowest BCUT2D eigenvalue weighted by Crippen LogP contribution is -3.14. The van der Waals surface area contributed by atoms with E-state index in [1.54, 1.807) is 22.6 Å². The summed E-state index contributed by atoms with van der Waals surface area (Å²) in [6.07, 6.45) is 0. The predicted octanol–water partition coefficient (Wildman–Crippen LogP) is 0.378. The molecule has 0 unspecified atom stereocenters. The molecule has 5 nitrogen and oxygen atoms in total. The fourth-order valence-corrected chi connectivity index (χ4v) is 4.13. The molecule has 1 saturated heterocycles. The van der Waals surface area contributed by atoms with Crippen molar-refractivity contribution in [3.63, 3.8) is 0 Å². The number of carbonyl (C=O) groups is 1. The molecule has 0 spiro atoms. The second kappa shape index (κ2) is 7.40. The second-order valence-corrected chi connectivity index (χ2v) is 7.21. The number of benzene rings is 1. The molecule has 0 aliphatic carbocycles. The van der Waals surface area contributed by atoms with Gasteiger partial charge in [0.25, 0.3) is 5.56 Å². The van der Waals surface area contributed by atoms with Gasteiger partial charge in [0.1, 0.15) is 0 Å². The average molecular weight is 346 g/mol. The number of aryl methyl sites for hydroxylation is 1. The standard InChI is InChI=1S/C18H23N3O2S/c1-3-20-8-10-21(11-9-20)18(23)13-24-16-12-17(22)19(2)15-7-5-4-6-14(15)16/h4-7,12H,3,8-11,13H2,1-2H3/p+1. The van der Waals surface area contributed by atoms with Crippen molar-refractivity contribution in [3.05, 3.63) is 40.7 Å². The third kappa shape index (κ3) is 3.49. The number of thioether (sulfide) groups is 1. The molecular formula is C18H24N3O2S+. The largest absolute Gasteiger partial charge is 0.332 e. The lowest BCUT2D eigenvalue weighted by molar-refractivity contribution is -0.902. The van der Waals surface area contributed by atoms with Gasteiger partial charge in [0.15, 0.2) is 0 Å². The molecule has 0 bridgehead atoms. The second-order valence-electron chi connectivity index (χ2n) is 6.20. The first-order chi connectivity index (χ1) is 11.6. The summed E-state index contributed by atoms with van der Waals surface area (Å²) in [5.41, 5.74) is 0.865. The third-order valence-electron chi connectivity index (χ3n) is 4.79. The van der Waals surface area contributed by atoms with Crippen molar-refractivity contribution < 1.29 is 9.69 Å². The van der Waals surface area contributed by atoms with Crippen molar-refractivity contribution in [2.24, 2.45) is 7.05 Å². The maximum absolute atomic E-state index is 12.5. The Morgan fingerprint density at radius 2 is 1.96 bits per heavy atom. The van der Waals surface area contributed by atoms with Gasteiger partial charge in [0.2, 0.25) is 5.91 Å². The Morgan fingerprint density at radius 1 is 1.25 bits per heavy atom. The van der Waals surface area contributed by atoms with E-state index in [1.165, 1.54) is 11.8 Å². The van der Waals surface area contributed by atoms with E-state index in [4.69, 9.17) is 0 Å². The predicted molar refractivity (Wildman–Crippen MR) is 97.7 cm³/mol. The first kappa shape index (κ1) is 17.0. The van der Waals surface area contributed by atoms with Crippen LogP contribution in [0.15, 0.2) is 40.0 Å². The Hall–Kier alpha value is -1.79. The zero-order valence-electron chi connectivity index (χ0n) is 14.2. The van der Waals surface area contributed by atoms with Crippen LogP contribution in [0.2, 0.25) is 0 Å². The number of rotatable bonds is 4. The molecule has 1 aromatic heterocycles. The first-order valence-electron chi connectivity index (χ1n) is 8.43. The number of amides is 1. The minimum atomic E-state index is -0.0381. The summed E-state index contributed by atoms with van der Waals surface area (Å²) in [6.45, 7) is 7.03. The number of likely N-dealkylation sites (N-methyl/N-ethyl adjacent to an activating group) is 1. The molecule has 1 N–H and O–H groups in total. The molecule has 0 radical (unpaired) electrons. The van der Waals surface area contributed by atoms with Crippen LogP contribution in [0.5, 0.6) is 0 Å². The maximum Gasteiger partial charge on any atom is 0.251 e. The normalized spacial score (nSPS) is 15.8. The Bertz CT molecular complexity index is 794. The molecule has 1 amide bonds. The highest BCUT2D eigenvalue weighted by molar-refractivity contribution is 8.00. The Balaban J connectivity index is 1.71. The highest BCUT2D eigenvalue weighted by Gasteiger charge is 2.22.